The van der Waals surface area contributed by atoms with Crippen LogP contribution in [-0.2, 0) is 23.8 Å². The van der Waals surface area contributed by atoms with E-state index in [2.05, 4.69) is 13.8 Å². The Bertz CT molecular complexity index is 362. The van der Waals surface area contributed by atoms with Gasteiger partial charge in [-0.2, -0.15) is 0 Å². The second kappa shape index (κ2) is 20.6. The van der Waals surface area contributed by atoms with E-state index >= 15 is 0 Å². The fourth-order valence-corrected chi connectivity index (χ4v) is 2.70. The van der Waals surface area contributed by atoms with Crippen molar-refractivity contribution in [2.75, 3.05) is 19.8 Å². The highest BCUT2D eigenvalue weighted by Gasteiger charge is 2.12. The van der Waals surface area contributed by atoms with Gasteiger partial charge in [0.15, 0.2) is 6.29 Å². The van der Waals surface area contributed by atoms with Crippen molar-refractivity contribution in [1.82, 2.24) is 0 Å². The summed E-state index contributed by atoms with van der Waals surface area (Å²) in [6.45, 7) is 5.64. The van der Waals surface area contributed by atoms with E-state index in [1.807, 2.05) is 0 Å². The van der Waals surface area contributed by atoms with Crippen LogP contribution in [0.1, 0.15) is 104 Å². The molecular weight excluding hydrogens is 360 g/mol. The number of esters is 1. The van der Waals surface area contributed by atoms with Crippen molar-refractivity contribution in [2.24, 2.45) is 0 Å². The summed E-state index contributed by atoms with van der Waals surface area (Å²) in [7, 11) is 0. The molecule has 0 aliphatic carbocycles. The highest BCUT2D eigenvalue weighted by Crippen LogP contribution is 2.11. The first-order valence-corrected chi connectivity index (χ1v) is 11.2. The van der Waals surface area contributed by atoms with Crippen molar-refractivity contribution in [2.45, 2.75) is 110 Å². The SMILES string of the molecule is CCCCOC(COC(=O)CCCCCCCCCCC(=O)O)OCCCC. The molecule has 1 N–H and O–H groups in total. The van der Waals surface area contributed by atoms with Crippen molar-refractivity contribution < 1.29 is 28.9 Å². The van der Waals surface area contributed by atoms with Crippen LogP contribution in [0, 0.1) is 0 Å². The fraction of sp³-hybridized carbons (Fsp3) is 0.909. The Hall–Kier alpha value is -1.14. The van der Waals surface area contributed by atoms with Gasteiger partial charge in [0, 0.05) is 26.1 Å². The molecule has 6 nitrogen and oxygen atoms in total. The number of aliphatic carboxylic acids is 1. The molecule has 0 aromatic heterocycles. The predicted octanol–water partition coefficient (Wildman–Crippen LogP) is 5.47. The molecule has 0 unspecified atom stereocenters. The summed E-state index contributed by atoms with van der Waals surface area (Å²) in [5.74, 6) is -0.893. The van der Waals surface area contributed by atoms with Gasteiger partial charge in [0.2, 0.25) is 0 Å². The van der Waals surface area contributed by atoms with Crippen LogP contribution in [0.2, 0.25) is 0 Å². The Kier molecular flexibility index (Phi) is 19.8. The smallest absolute Gasteiger partial charge is 0.305 e. The minimum atomic E-state index is -0.710. The van der Waals surface area contributed by atoms with E-state index in [1.54, 1.807) is 0 Å². The molecule has 0 aromatic carbocycles. The van der Waals surface area contributed by atoms with Crippen LogP contribution in [-0.4, -0.2) is 43.2 Å². The van der Waals surface area contributed by atoms with Crippen molar-refractivity contribution >= 4 is 11.9 Å². The first kappa shape index (κ1) is 26.9. The number of hydrogen-bond acceptors (Lipinski definition) is 5. The van der Waals surface area contributed by atoms with Gasteiger partial charge in [-0.15, -0.1) is 0 Å². The molecule has 166 valence electrons. The Balaban J connectivity index is 3.64. The van der Waals surface area contributed by atoms with Crippen LogP contribution in [0.3, 0.4) is 0 Å². The quantitative estimate of drug-likeness (QED) is 0.156. The maximum atomic E-state index is 11.9. The molecule has 6 heteroatoms. The molecule has 0 spiro atoms. The molecule has 0 aromatic rings. The van der Waals surface area contributed by atoms with E-state index in [1.165, 1.54) is 0 Å². The van der Waals surface area contributed by atoms with Crippen LogP contribution in [0.5, 0.6) is 0 Å². The molecular formula is C22H42O6. The van der Waals surface area contributed by atoms with E-state index in [-0.39, 0.29) is 19.0 Å². The van der Waals surface area contributed by atoms with Gasteiger partial charge >= 0.3 is 11.9 Å². The number of ether oxygens (including phenoxy) is 3. The summed E-state index contributed by atoms with van der Waals surface area (Å²) in [4.78, 5) is 22.3. The number of carboxylic acid groups (broad SMARTS) is 1. The second-order valence-electron chi connectivity index (χ2n) is 7.28. The monoisotopic (exact) mass is 402 g/mol. The lowest BCUT2D eigenvalue weighted by atomic mass is 10.1. The molecule has 0 rings (SSSR count). The second-order valence-corrected chi connectivity index (χ2v) is 7.28. The maximum Gasteiger partial charge on any atom is 0.305 e. The van der Waals surface area contributed by atoms with Crippen molar-refractivity contribution in [1.29, 1.82) is 0 Å². The topological polar surface area (TPSA) is 82.1 Å². The number of rotatable bonds is 21. The van der Waals surface area contributed by atoms with Gasteiger partial charge in [0.25, 0.3) is 0 Å². The van der Waals surface area contributed by atoms with Crippen molar-refractivity contribution in [3.8, 4) is 0 Å². The summed E-state index contributed by atoms with van der Waals surface area (Å²) in [6.07, 6.45) is 12.4. The van der Waals surface area contributed by atoms with Crippen molar-refractivity contribution in [3.63, 3.8) is 0 Å². The molecule has 0 atom stereocenters. The lowest BCUT2D eigenvalue weighted by molar-refractivity contribution is -0.183. The van der Waals surface area contributed by atoms with Gasteiger partial charge in [-0.3, -0.25) is 9.59 Å². The first-order valence-electron chi connectivity index (χ1n) is 11.2. The molecule has 0 aliphatic heterocycles. The third-order valence-corrected chi connectivity index (χ3v) is 4.51. The molecule has 0 saturated carbocycles. The summed E-state index contributed by atoms with van der Waals surface area (Å²) >= 11 is 0. The van der Waals surface area contributed by atoms with E-state index in [4.69, 9.17) is 19.3 Å². The normalized spacial score (nSPS) is 11.1. The van der Waals surface area contributed by atoms with Crippen LogP contribution in [0.15, 0.2) is 0 Å². The average Bonchev–Trinajstić information content (AvgIpc) is 2.67. The maximum absolute atomic E-state index is 11.9. The van der Waals surface area contributed by atoms with Crippen LogP contribution in [0.4, 0.5) is 0 Å². The molecule has 0 bridgehead atoms. The molecule has 0 amide bonds. The highest BCUT2D eigenvalue weighted by molar-refractivity contribution is 5.69. The Morgan fingerprint density at radius 1 is 0.714 bits per heavy atom. The summed E-state index contributed by atoms with van der Waals surface area (Å²) in [5.41, 5.74) is 0. The third kappa shape index (κ3) is 19.6. The minimum Gasteiger partial charge on any atom is -0.481 e. The third-order valence-electron chi connectivity index (χ3n) is 4.51. The number of hydrogen-bond donors (Lipinski definition) is 1. The lowest BCUT2D eigenvalue weighted by Crippen LogP contribution is -2.26. The van der Waals surface area contributed by atoms with Gasteiger partial charge in [-0.05, 0) is 25.7 Å². The van der Waals surface area contributed by atoms with Crippen LogP contribution in [0.25, 0.3) is 0 Å². The Morgan fingerprint density at radius 2 is 1.18 bits per heavy atom. The van der Waals surface area contributed by atoms with E-state index in [0.717, 1.165) is 77.0 Å². The average molecular weight is 403 g/mol. The van der Waals surface area contributed by atoms with E-state index in [0.29, 0.717) is 19.6 Å². The Labute approximate surface area is 171 Å². The standard InChI is InChI=1S/C22H42O6/c1-3-5-17-26-22(27-18-6-4-2)19-28-21(25)16-14-12-10-8-7-9-11-13-15-20(23)24/h22H,3-19H2,1-2H3,(H,23,24). The molecule has 0 saturated heterocycles. The van der Waals surface area contributed by atoms with Crippen LogP contribution < -0.4 is 0 Å². The predicted molar refractivity (Wildman–Crippen MR) is 110 cm³/mol. The summed E-state index contributed by atoms with van der Waals surface area (Å²) in [6, 6.07) is 0. The molecule has 0 radical (unpaired) electrons. The zero-order valence-electron chi connectivity index (χ0n) is 18.1. The van der Waals surface area contributed by atoms with Crippen molar-refractivity contribution in [3.05, 3.63) is 0 Å². The highest BCUT2D eigenvalue weighted by atomic mass is 16.7. The lowest BCUT2D eigenvalue weighted by Gasteiger charge is -2.18. The van der Waals surface area contributed by atoms with Gasteiger partial charge in [0.1, 0.15) is 6.61 Å². The van der Waals surface area contributed by atoms with Crippen LogP contribution >= 0.6 is 0 Å². The largest absolute Gasteiger partial charge is 0.481 e. The van der Waals surface area contributed by atoms with E-state index < -0.39 is 12.3 Å². The molecule has 0 heterocycles. The van der Waals surface area contributed by atoms with Gasteiger partial charge < -0.3 is 19.3 Å². The number of carbonyl (C=O) groups excluding carboxylic acids is 1. The fourth-order valence-electron chi connectivity index (χ4n) is 2.70. The zero-order valence-corrected chi connectivity index (χ0v) is 18.1. The van der Waals surface area contributed by atoms with Gasteiger partial charge in [0.05, 0.1) is 0 Å². The zero-order chi connectivity index (χ0) is 20.9. The number of carboxylic acids is 1. The molecule has 0 fully saturated rings. The minimum absolute atomic E-state index is 0.169. The van der Waals surface area contributed by atoms with Gasteiger partial charge in [-0.1, -0.05) is 65.2 Å². The molecule has 28 heavy (non-hydrogen) atoms. The number of unbranched alkanes of at least 4 members (excludes halogenated alkanes) is 9. The Morgan fingerprint density at radius 3 is 1.64 bits per heavy atom. The summed E-state index contributed by atoms with van der Waals surface area (Å²) < 4.78 is 16.6. The summed E-state index contributed by atoms with van der Waals surface area (Å²) in [5, 5.41) is 8.57. The van der Waals surface area contributed by atoms with Gasteiger partial charge in [-0.25, -0.2) is 0 Å². The first-order chi connectivity index (χ1) is 13.6. The number of carbonyl (C=O) groups is 2. The van der Waals surface area contributed by atoms with E-state index in [9.17, 15) is 9.59 Å². The molecule has 0 aliphatic rings.